The average molecular weight is 326 g/mol. The van der Waals surface area contributed by atoms with Gasteiger partial charge in [0.15, 0.2) is 6.54 Å². The van der Waals surface area contributed by atoms with E-state index < -0.39 is 0 Å². The molecule has 3 N–H and O–H groups in total. The van der Waals surface area contributed by atoms with Crippen LogP contribution in [0, 0.1) is 0 Å². The van der Waals surface area contributed by atoms with Crippen molar-refractivity contribution >= 4 is 11.8 Å². The summed E-state index contributed by atoms with van der Waals surface area (Å²) in [7, 11) is 3.34. The summed E-state index contributed by atoms with van der Waals surface area (Å²) < 4.78 is 0. The Bertz CT molecular complexity index is 617. The molecule has 0 saturated heterocycles. The van der Waals surface area contributed by atoms with E-state index >= 15 is 0 Å². The van der Waals surface area contributed by atoms with Crippen LogP contribution < -0.4 is 10.6 Å². The molecule has 0 aliphatic carbocycles. The van der Waals surface area contributed by atoms with Crippen LogP contribution in [-0.2, 0) is 9.59 Å². The fraction of sp³-hybridized carbons (Fsp3) is 0.263. The van der Waals surface area contributed by atoms with E-state index in [0.29, 0.717) is 0 Å². The molecule has 0 spiro atoms. The topological polar surface area (TPSA) is 66.0 Å². The van der Waals surface area contributed by atoms with Crippen molar-refractivity contribution < 1.29 is 14.9 Å². The predicted octanol–water partition coefficient (Wildman–Crippen LogP) is 0.544. The lowest BCUT2D eigenvalue weighted by molar-refractivity contribution is -0.676. The van der Waals surface area contributed by atoms with Gasteiger partial charge < -0.3 is 15.5 Å². The fourth-order valence-electron chi connectivity index (χ4n) is 2.41. The lowest BCUT2D eigenvalue weighted by Crippen LogP contribution is -2.87. The van der Waals surface area contributed by atoms with Crippen molar-refractivity contribution in [3.05, 3.63) is 71.8 Å². The number of nitrogens with one attached hydrogen (secondary N) is 1. The Balaban J connectivity index is 1.99. The molecule has 2 amide bonds. The van der Waals surface area contributed by atoms with E-state index in [2.05, 4.69) is 29.6 Å². The van der Waals surface area contributed by atoms with E-state index in [1.54, 1.807) is 14.1 Å². The van der Waals surface area contributed by atoms with Crippen molar-refractivity contribution in [2.24, 2.45) is 0 Å². The molecule has 0 bridgehead atoms. The van der Waals surface area contributed by atoms with Crippen LogP contribution in [0.25, 0.3) is 0 Å². The third kappa shape index (κ3) is 5.21. The zero-order valence-corrected chi connectivity index (χ0v) is 14.1. The number of hydrogen-bond acceptors (Lipinski definition) is 2. The number of benzene rings is 2. The molecule has 0 aromatic heterocycles. The van der Waals surface area contributed by atoms with E-state index in [-0.39, 0.29) is 30.9 Å². The minimum Gasteiger partial charge on any atom is -0.347 e. The highest BCUT2D eigenvalue weighted by Gasteiger charge is 2.18. The number of carbonyl (C=O) groups excluding carboxylic acids is 2. The molecule has 2 rings (SSSR count). The molecule has 5 nitrogen and oxygen atoms in total. The zero-order chi connectivity index (χ0) is 17.4. The van der Waals surface area contributed by atoms with Gasteiger partial charge in [-0.25, -0.2) is 0 Å². The van der Waals surface area contributed by atoms with Crippen molar-refractivity contribution in [2.45, 2.75) is 6.04 Å². The summed E-state index contributed by atoms with van der Waals surface area (Å²) in [4.78, 5) is 25.0. The summed E-state index contributed by atoms with van der Waals surface area (Å²) in [6.07, 6.45) is 0. The molecular weight excluding hydrogens is 302 g/mol. The number of quaternary nitrogens is 1. The maximum atomic E-state index is 12.0. The number of nitrogens with two attached hydrogens (primary N) is 1. The Morgan fingerprint density at radius 1 is 0.958 bits per heavy atom. The van der Waals surface area contributed by atoms with Gasteiger partial charge in [-0.05, 0) is 0 Å². The Labute approximate surface area is 142 Å². The molecule has 126 valence electrons. The van der Waals surface area contributed by atoms with Crippen molar-refractivity contribution in [1.82, 2.24) is 10.2 Å². The molecule has 0 unspecified atom stereocenters. The van der Waals surface area contributed by atoms with E-state index in [1.165, 1.54) is 4.90 Å². The average Bonchev–Trinajstić information content (AvgIpc) is 2.61. The number of likely N-dealkylation sites (N-methyl/N-ethyl adjacent to an activating group) is 1. The quantitative estimate of drug-likeness (QED) is 0.780. The summed E-state index contributed by atoms with van der Waals surface area (Å²) in [6.45, 7) is 0.288. The standard InChI is InChI=1S/C19H23N3O2/c1-22(2)18(24)14-20-17(23)13-21-19(15-9-5-3-6-10-15)16-11-7-4-8-12-16/h3-12,19,21H,13-14H2,1-2H3,(H,20,23)/p+1. The van der Waals surface area contributed by atoms with Gasteiger partial charge in [-0.1, -0.05) is 60.7 Å². The third-order valence-electron chi connectivity index (χ3n) is 3.79. The van der Waals surface area contributed by atoms with E-state index in [4.69, 9.17) is 0 Å². The largest absolute Gasteiger partial charge is 0.347 e. The number of amides is 2. The summed E-state index contributed by atoms with van der Waals surface area (Å²) in [6, 6.07) is 20.2. The second kappa shape index (κ2) is 8.84. The van der Waals surface area contributed by atoms with E-state index in [9.17, 15) is 9.59 Å². The van der Waals surface area contributed by atoms with Crippen LogP contribution in [0.1, 0.15) is 17.2 Å². The molecule has 0 atom stereocenters. The molecule has 0 aliphatic rings. The number of nitrogens with zero attached hydrogens (tertiary/aromatic N) is 1. The van der Waals surface area contributed by atoms with E-state index in [1.807, 2.05) is 41.7 Å². The van der Waals surface area contributed by atoms with Gasteiger partial charge in [-0.15, -0.1) is 0 Å². The van der Waals surface area contributed by atoms with Crippen LogP contribution in [0.4, 0.5) is 0 Å². The minimum atomic E-state index is -0.151. The van der Waals surface area contributed by atoms with Gasteiger partial charge in [0.1, 0.15) is 6.04 Å². The second-order valence-electron chi connectivity index (χ2n) is 5.80. The predicted molar refractivity (Wildman–Crippen MR) is 93.2 cm³/mol. The summed E-state index contributed by atoms with van der Waals surface area (Å²) in [5.41, 5.74) is 2.28. The number of hydrogen-bond donors (Lipinski definition) is 2. The van der Waals surface area contributed by atoms with Crippen LogP contribution in [0.15, 0.2) is 60.7 Å². The lowest BCUT2D eigenvalue weighted by atomic mass is 9.99. The Hall–Kier alpha value is -2.66. The first-order chi connectivity index (χ1) is 11.6. The maximum Gasteiger partial charge on any atom is 0.275 e. The fourth-order valence-corrected chi connectivity index (χ4v) is 2.41. The number of carbonyl (C=O) groups is 2. The SMILES string of the molecule is CN(C)C(=O)CNC(=O)C[NH2+]C(c1ccccc1)c1ccccc1. The van der Waals surface area contributed by atoms with Crippen molar-refractivity contribution in [3.8, 4) is 0 Å². The molecule has 0 radical (unpaired) electrons. The summed E-state index contributed by atoms with van der Waals surface area (Å²) >= 11 is 0. The van der Waals surface area contributed by atoms with Gasteiger partial charge in [0, 0.05) is 25.2 Å². The molecule has 2 aromatic carbocycles. The van der Waals surface area contributed by atoms with Crippen molar-refractivity contribution in [1.29, 1.82) is 0 Å². The smallest absolute Gasteiger partial charge is 0.275 e. The van der Waals surface area contributed by atoms with Crippen molar-refractivity contribution in [2.75, 3.05) is 27.2 Å². The van der Waals surface area contributed by atoms with Crippen LogP contribution in [0.3, 0.4) is 0 Å². The highest BCUT2D eigenvalue weighted by Crippen LogP contribution is 2.17. The highest BCUT2D eigenvalue weighted by molar-refractivity contribution is 5.84. The first kappa shape index (κ1) is 17.7. The molecule has 2 aromatic rings. The third-order valence-corrected chi connectivity index (χ3v) is 3.79. The zero-order valence-electron chi connectivity index (χ0n) is 14.1. The highest BCUT2D eigenvalue weighted by atomic mass is 16.2. The molecule has 0 saturated carbocycles. The van der Waals surface area contributed by atoms with E-state index in [0.717, 1.165) is 11.1 Å². The Morgan fingerprint density at radius 2 is 1.46 bits per heavy atom. The molecule has 0 fully saturated rings. The first-order valence-corrected chi connectivity index (χ1v) is 7.98. The number of rotatable bonds is 7. The van der Waals surface area contributed by atoms with Crippen LogP contribution in [-0.4, -0.2) is 43.9 Å². The maximum absolute atomic E-state index is 12.0. The normalized spacial score (nSPS) is 10.5. The van der Waals surface area contributed by atoms with Gasteiger partial charge in [0.2, 0.25) is 5.91 Å². The van der Waals surface area contributed by atoms with Gasteiger partial charge in [-0.2, -0.15) is 0 Å². The minimum absolute atomic E-state index is 0.0288. The lowest BCUT2D eigenvalue weighted by Gasteiger charge is -2.16. The molecule has 5 heteroatoms. The van der Waals surface area contributed by atoms with Gasteiger partial charge in [0.25, 0.3) is 5.91 Å². The van der Waals surface area contributed by atoms with Gasteiger partial charge in [-0.3, -0.25) is 9.59 Å². The van der Waals surface area contributed by atoms with Crippen LogP contribution in [0.2, 0.25) is 0 Å². The van der Waals surface area contributed by atoms with Gasteiger partial charge in [0.05, 0.1) is 6.54 Å². The van der Waals surface area contributed by atoms with Crippen molar-refractivity contribution in [3.63, 3.8) is 0 Å². The van der Waals surface area contributed by atoms with Crippen LogP contribution in [0.5, 0.6) is 0 Å². The Kier molecular flexibility index (Phi) is 6.51. The molecule has 24 heavy (non-hydrogen) atoms. The molecular formula is C19H24N3O2+. The van der Waals surface area contributed by atoms with Gasteiger partial charge >= 0.3 is 0 Å². The monoisotopic (exact) mass is 326 g/mol. The molecule has 0 heterocycles. The first-order valence-electron chi connectivity index (χ1n) is 7.98. The molecule has 0 aliphatic heterocycles. The second-order valence-corrected chi connectivity index (χ2v) is 5.80. The summed E-state index contributed by atoms with van der Waals surface area (Å²) in [5.74, 6) is -0.270. The summed E-state index contributed by atoms with van der Waals surface area (Å²) in [5, 5.41) is 4.65. The Morgan fingerprint density at radius 3 is 1.92 bits per heavy atom. The van der Waals surface area contributed by atoms with Crippen LogP contribution >= 0.6 is 0 Å².